The van der Waals surface area contributed by atoms with Crippen molar-refractivity contribution in [3.63, 3.8) is 0 Å². The number of ether oxygens (including phenoxy) is 2. The summed E-state index contributed by atoms with van der Waals surface area (Å²) in [5.41, 5.74) is 6.54. The first-order valence-corrected chi connectivity index (χ1v) is 10.9. The molecule has 8 heteroatoms. The molecule has 2 aromatic rings. The van der Waals surface area contributed by atoms with E-state index < -0.39 is 35.5 Å². The summed E-state index contributed by atoms with van der Waals surface area (Å²) in [6, 6.07) is 14.2. The van der Waals surface area contributed by atoms with Crippen molar-refractivity contribution in [2.24, 2.45) is 5.73 Å². The van der Waals surface area contributed by atoms with Gasteiger partial charge in [0.05, 0.1) is 25.8 Å². The molecule has 3 rings (SSSR count). The number of epoxide rings is 1. The summed E-state index contributed by atoms with van der Waals surface area (Å²) in [6.45, 7) is 3.58. The third-order valence-electron chi connectivity index (χ3n) is 5.66. The molecule has 33 heavy (non-hydrogen) atoms. The molecule has 8 nitrogen and oxygen atoms in total. The van der Waals surface area contributed by atoms with E-state index in [0.717, 1.165) is 11.1 Å². The van der Waals surface area contributed by atoms with Crippen molar-refractivity contribution >= 4 is 17.6 Å². The van der Waals surface area contributed by atoms with E-state index >= 15 is 0 Å². The van der Waals surface area contributed by atoms with Gasteiger partial charge >= 0.3 is 0 Å². The Morgan fingerprint density at radius 3 is 2.06 bits per heavy atom. The summed E-state index contributed by atoms with van der Waals surface area (Å²) in [7, 11) is 1.57. The minimum Gasteiger partial charge on any atom is -0.497 e. The van der Waals surface area contributed by atoms with Crippen LogP contribution in [-0.4, -0.2) is 55.0 Å². The normalized spacial score (nSPS) is 19.6. The van der Waals surface area contributed by atoms with Crippen LogP contribution in [0.4, 0.5) is 0 Å². The van der Waals surface area contributed by atoms with E-state index in [1.54, 1.807) is 33.1 Å². The number of nitrogens with one attached hydrogen (secondary N) is 2. The Balaban J connectivity index is 1.79. The maximum atomic E-state index is 13.3. The summed E-state index contributed by atoms with van der Waals surface area (Å²) in [6.07, 6.45) is 0.551. The van der Waals surface area contributed by atoms with Gasteiger partial charge < -0.3 is 25.8 Å². The van der Waals surface area contributed by atoms with Crippen molar-refractivity contribution in [1.82, 2.24) is 10.6 Å². The number of carbonyl (C=O) groups is 3. The fourth-order valence-electron chi connectivity index (χ4n) is 3.46. The highest BCUT2D eigenvalue weighted by Gasteiger charge is 2.50. The standard InChI is InChI=1S/C25H31N3O5/c1-16(26)23(30)28-21(14-18-9-11-19(32-3)12-10-18)24(31)27-20(22(29)25(2)15-33-25)13-17-7-5-4-6-8-17/h4-12,16,20-21H,13-15,26H2,1-3H3,(H,27,31)(H,28,30)/t16-,20-,21-,25+/m0/s1. The number of benzene rings is 2. The number of Topliss-reactive ketones (excluding diaryl/α,β-unsaturated/α-hetero) is 1. The van der Waals surface area contributed by atoms with Crippen LogP contribution >= 0.6 is 0 Å². The number of rotatable bonds is 11. The second-order valence-corrected chi connectivity index (χ2v) is 8.54. The average molecular weight is 454 g/mol. The highest BCUT2D eigenvalue weighted by molar-refractivity contribution is 5.98. The second-order valence-electron chi connectivity index (χ2n) is 8.54. The molecule has 0 saturated carbocycles. The molecule has 4 N–H and O–H groups in total. The lowest BCUT2D eigenvalue weighted by molar-refractivity contribution is -0.133. The van der Waals surface area contributed by atoms with E-state index in [1.807, 2.05) is 42.5 Å². The number of hydrogen-bond donors (Lipinski definition) is 3. The molecule has 176 valence electrons. The van der Waals surface area contributed by atoms with Gasteiger partial charge in [-0.15, -0.1) is 0 Å². The lowest BCUT2D eigenvalue weighted by atomic mass is 9.94. The minimum absolute atomic E-state index is 0.193. The van der Waals surface area contributed by atoms with Gasteiger partial charge in [0.2, 0.25) is 11.8 Å². The Kier molecular flexibility index (Phi) is 7.84. The number of ketones is 1. The fraction of sp³-hybridized carbons (Fsp3) is 0.400. The fourth-order valence-corrected chi connectivity index (χ4v) is 3.46. The monoisotopic (exact) mass is 453 g/mol. The van der Waals surface area contributed by atoms with Crippen LogP contribution in [0.3, 0.4) is 0 Å². The number of amides is 2. The number of carbonyl (C=O) groups excluding carboxylic acids is 3. The highest BCUT2D eigenvalue weighted by Crippen LogP contribution is 2.29. The molecule has 2 aromatic carbocycles. The largest absolute Gasteiger partial charge is 0.497 e. The van der Waals surface area contributed by atoms with Gasteiger partial charge in [-0.3, -0.25) is 14.4 Å². The van der Waals surface area contributed by atoms with E-state index in [0.29, 0.717) is 18.8 Å². The van der Waals surface area contributed by atoms with Crippen molar-refractivity contribution in [2.75, 3.05) is 13.7 Å². The van der Waals surface area contributed by atoms with Crippen LogP contribution in [-0.2, 0) is 32.0 Å². The van der Waals surface area contributed by atoms with Gasteiger partial charge in [0.25, 0.3) is 0 Å². The first-order valence-electron chi connectivity index (χ1n) is 10.9. The van der Waals surface area contributed by atoms with E-state index in [4.69, 9.17) is 15.2 Å². The maximum absolute atomic E-state index is 13.3. The van der Waals surface area contributed by atoms with Crippen LogP contribution in [0.2, 0.25) is 0 Å². The summed E-state index contributed by atoms with van der Waals surface area (Å²) in [4.78, 5) is 38.7. The van der Waals surface area contributed by atoms with E-state index in [2.05, 4.69) is 10.6 Å². The molecule has 1 saturated heterocycles. The van der Waals surface area contributed by atoms with Gasteiger partial charge in [0, 0.05) is 6.42 Å². The predicted molar refractivity (Wildman–Crippen MR) is 124 cm³/mol. The van der Waals surface area contributed by atoms with Gasteiger partial charge in [-0.1, -0.05) is 42.5 Å². The van der Waals surface area contributed by atoms with Gasteiger partial charge in [0.1, 0.15) is 17.4 Å². The van der Waals surface area contributed by atoms with Crippen molar-refractivity contribution in [3.8, 4) is 5.75 Å². The molecule has 0 spiro atoms. The summed E-state index contributed by atoms with van der Waals surface area (Å²) < 4.78 is 10.5. The summed E-state index contributed by atoms with van der Waals surface area (Å²) >= 11 is 0. The smallest absolute Gasteiger partial charge is 0.243 e. The second kappa shape index (κ2) is 10.6. The lowest BCUT2D eigenvalue weighted by Gasteiger charge is -2.25. The predicted octanol–water partition coefficient (Wildman–Crippen LogP) is 1.16. The number of methoxy groups -OCH3 is 1. The maximum Gasteiger partial charge on any atom is 0.243 e. The van der Waals surface area contributed by atoms with Crippen molar-refractivity contribution < 1.29 is 23.9 Å². The van der Waals surface area contributed by atoms with Crippen LogP contribution in [0.1, 0.15) is 25.0 Å². The molecule has 0 radical (unpaired) electrons. The van der Waals surface area contributed by atoms with E-state index in [1.165, 1.54) is 0 Å². The Hall–Kier alpha value is -3.23. The molecule has 0 aliphatic carbocycles. The van der Waals surface area contributed by atoms with Crippen LogP contribution in [0.25, 0.3) is 0 Å². The molecule has 1 fully saturated rings. The zero-order valence-corrected chi connectivity index (χ0v) is 19.2. The van der Waals surface area contributed by atoms with Crippen molar-refractivity contribution in [1.29, 1.82) is 0 Å². The number of hydrogen-bond acceptors (Lipinski definition) is 6. The molecule has 4 atom stereocenters. The van der Waals surface area contributed by atoms with Crippen LogP contribution in [0.15, 0.2) is 54.6 Å². The molecule has 1 aliphatic rings. The zero-order valence-electron chi connectivity index (χ0n) is 19.2. The number of nitrogens with two attached hydrogens (primary N) is 1. The lowest BCUT2D eigenvalue weighted by Crippen LogP contribution is -2.56. The topological polar surface area (TPSA) is 123 Å². The Labute approximate surface area is 193 Å². The molecule has 1 aliphatic heterocycles. The Morgan fingerprint density at radius 2 is 1.52 bits per heavy atom. The SMILES string of the molecule is COc1ccc(C[C@H](NC(=O)[C@H](C)N)C(=O)N[C@@H](Cc2ccccc2)C(=O)[C@@]2(C)CO2)cc1. The van der Waals surface area contributed by atoms with Gasteiger partial charge in [-0.25, -0.2) is 0 Å². The first-order chi connectivity index (χ1) is 15.7. The van der Waals surface area contributed by atoms with Crippen LogP contribution in [0, 0.1) is 0 Å². The summed E-state index contributed by atoms with van der Waals surface area (Å²) in [5, 5.41) is 5.56. The Bertz CT molecular complexity index is 971. The van der Waals surface area contributed by atoms with Crippen molar-refractivity contribution in [3.05, 3.63) is 65.7 Å². The first kappa shape index (κ1) is 24.4. The average Bonchev–Trinajstić information content (AvgIpc) is 3.57. The quantitative estimate of drug-likeness (QED) is 0.439. The third-order valence-corrected chi connectivity index (χ3v) is 5.66. The van der Waals surface area contributed by atoms with E-state index in [-0.39, 0.29) is 12.2 Å². The Morgan fingerprint density at radius 1 is 0.970 bits per heavy atom. The molecule has 1 heterocycles. The van der Waals surface area contributed by atoms with Crippen LogP contribution < -0.4 is 21.1 Å². The highest BCUT2D eigenvalue weighted by atomic mass is 16.6. The van der Waals surface area contributed by atoms with E-state index in [9.17, 15) is 14.4 Å². The molecule has 0 unspecified atom stereocenters. The van der Waals surface area contributed by atoms with Crippen LogP contribution in [0.5, 0.6) is 5.75 Å². The minimum atomic E-state index is -0.907. The zero-order chi connectivity index (χ0) is 24.0. The van der Waals surface area contributed by atoms with Gasteiger partial charge in [-0.2, -0.15) is 0 Å². The molecule has 2 amide bonds. The molecule has 0 bridgehead atoms. The van der Waals surface area contributed by atoms with Gasteiger partial charge in [-0.05, 0) is 43.5 Å². The van der Waals surface area contributed by atoms with Gasteiger partial charge in [0.15, 0.2) is 5.78 Å². The third kappa shape index (κ3) is 6.63. The molecular weight excluding hydrogens is 422 g/mol. The molecule has 0 aromatic heterocycles. The van der Waals surface area contributed by atoms with Crippen molar-refractivity contribution in [2.45, 2.75) is 50.4 Å². The summed E-state index contributed by atoms with van der Waals surface area (Å²) in [5.74, 6) is -0.419. The molecular formula is C25H31N3O5.